The van der Waals surface area contributed by atoms with Gasteiger partial charge in [0.2, 0.25) is 11.8 Å². The molecule has 30 heavy (non-hydrogen) atoms. The van der Waals surface area contributed by atoms with E-state index in [2.05, 4.69) is 26.6 Å². The van der Waals surface area contributed by atoms with E-state index in [0.29, 0.717) is 22.6 Å². The Hall–Kier alpha value is -3.45. The van der Waals surface area contributed by atoms with Crippen LogP contribution in [0.15, 0.2) is 83.3 Å². The van der Waals surface area contributed by atoms with E-state index in [1.54, 1.807) is 60.7 Å². The summed E-state index contributed by atoms with van der Waals surface area (Å²) < 4.78 is 0.892. The molecule has 1 aliphatic heterocycles. The van der Waals surface area contributed by atoms with Gasteiger partial charge in [-0.2, -0.15) is 0 Å². The van der Waals surface area contributed by atoms with Crippen LogP contribution in [-0.4, -0.2) is 23.8 Å². The minimum atomic E-state index is -0.969. The fourth-order valence-corrected chi connectivity index (χ4v) is 3.63. The molecule has 4 rings (SSSR count). The van der Waals surface area contributed by atoms with E-state index in [4.69, 9.17) is 0 Å². The first-order valence-corrected chi connectivity index (χ1v) is 10.2. The van der Waals surface area contributed by atoms with E-state index >= 15 is 0 Å². The molecule has 0 fully saturated rings. The number of hydrogen-bond donors (Lipinski definition) is 2. The first-order valence-electron chi connectivity index (χ1n) is 9.37. The Morgan fingerprint density at radius 2 is 1.60 bits per heavy atom. The van der Waals surface area contributed by atoms with E-state index in [-0.39, 0.29) is 18.2 Å². The fourth-order valence-electron chi connectivity index (χ4n) is 3.37. The topological polar surface area (TPSA) is 78.5 Å². The molecule has 0 bridgehead atoms. The van der Waals surface area contributed by atoms with Gasteiger partial charge in [-0.15, -0.1) is 0 Å². The highest BCUT2D eigenvalue weighted by atomic mass is 79.9. The van der Waals surface area contributed by atoms with Crippen molar-refractivity contribution in [2.45, 2.75) is 12.5 Å². The molecule has 3 amide bonds. The zero-order valence-corrected chi connectivity index (χ0v) is 17.4. The van der Waals surface area contributed by atoms with Crippen LogP contribution in [0.2, 0.25) is 0 Å². The van der Waals surface area contributed by atoms with Gasteiger partial charge >= 0.3 is 0 Å². The van der Waals surface area contributed by atoms with Crippen LogP contribution in [0, 0.1) is 0 Å². The standard InChI is InChI=1S/C23H18BrN3O3/c24-16-10-12-17(13-11-16)25-21(28)14-20-22(29)26-18-8-4-5-9-19(18)27(20)23(30)15-6-2-1-3-7-15/h1-13,20H,14H2,(H,25,28)(H,26,29)/t20-/m1/s1. The number of carbonyl (C=O) groups is 3. The predicted molar refractivity (Wildman–Crippen MR) is 119 cm³/mol. The average Bonchev–Trinajstić information content (AvgIpc) is 2.76. The summed E-state index contributed by atoms with van der Waals surface area (Å²) in [5.41, 5.74) is 2.16. The molecular formula is C23H18BrN3O3. The fraction of sp³-hybridized carbons (Fsp3) is 0.0870. The Kier molecular flexibility index (Phi) is 5.63. The molecular weight excluding hydrogens is 446 g/mol. The second kappa shape index (κ2) is 8.51. The average molecular weight is 464 g/mol. The molecule has 1 heterocycles. The van der Waals surface area contributed by atoms with Gasteiger partial charge in [-0.1, -0.05) is 46.3 Å². The van der Waals surface area contributed by atoms with Gasteiger partial charge in [0.15, 0.2) is 0 Å². The first kappa shape index (κ1) is 19.8. The summed E-state index contributed by atoms with van der Waals surface area (Å²) in [6.45, 7) is 0. The molecule has 1 aliphatic rings. The number of carbonyl (C=O) groups excluding carboxylic acids is 3. The van der Waals surface area contributed by atoms with E-state index in [0.717, 1.165) is 4.47 Å². The molecule has 0 spiro atoms. The van der Waals surface area contributed by atoms with Gasteiger partial charge in [-0.05, 0) is 48.5 Å². The van der Waals surface area contributed by atoms with Crippen LogP contribution in [-0.2, 0) is 9.59 Å². The maximum absolute atomic E-state index is 13.3. The van der Waals surface area contributed by atoms with Crippen molar-refractivity contribution >= 4 is 50.7 Å². The third kappa shape index (κ3) is 4.11. The number of rotatable bonds is 4. The molecule has 1 atom stereocenters. The highest BCUT2D eigenvalue weighted by Crippen LogP contribution is 2.34. The number of benzene rings is 3. The second-order valence-electron chi connectivity index (χ2n) is 6.82. The molecule has 7 heteroatoms. The molecule has 0 aromatic heterocycles. The second-order valence-corrected chi connectivity index (χ2v) is 7.74. The van der Waals surface area contributed by atoms with Gasteiger partial charge in [0.05, 0.1) is 17.8 Å². The largest absolute Gasteiger partial charge is 0.326 e. The van der Waals surface area contributed by atoms with Gasteiger partial charge in [-0.25, -0.2) is 0 Å². The van der Waals surface area contributed by atoms with Crippen molar-refractivity contribution in [3.8, 4) is 0 Å². The van der Waals surface area contributed by atoms with Crippen molar-refractivity contribution < 1.29 is 14.4 Å². The summed E-state index contributed by atoms with van der Waals surface area (Å²) in [4.78, 5) is 40.2. The van der Waals surface area contributed by atoms with Crippen molar-refractivity contribution in [3.63, 3.8) is 0 Å². The quantitative estimate of drug-likeness (QED) is 0.599. The van der Waals surface area contributed by atoms with Crippen molar-refractivity contribution in [2.24, 2.45) is 0 Å². The number of halogens is 1. The number of para-hydroxylation sites is 2. The number of hydrogen-bond acceptors (Lipinski definition) is 3. The summed E-state index contributed by atoms with van der Waals surface area (Å²) in [7, 11) is 0. The Balaban J connectivity index is 1.64. The number of amides is 3. The summed E-state index contributed by atoms with van der Waals surface area (Å²) in [6, 6.07) is 21.9. The van der Waals surface area contributed by atoms with Crippen LogP contribution in [0.25, 0.3) is 0 Å². The van der Waals surface area contributed by atoms with E-state index in [1.807, 2.05) is 18.2 Å². The normalized spacial score (nSPS) is 15.2. The van der Waals surface area contributed by atoms with E-state index in [1.165, 1.54) is 4.90 Å². The molecule has 0 radical (unpaired) electrons. The molecule has 3 aromatic rings. The minimum absolute atomic E-state index is 0.172. The third-order valence-corrected chi connectivity index (χ3v) is 5.31. The van der Waals surface area contributed by atoms with Crippen molar-refractivity contribution in [1.29, 1.82) is 0 Å². The lowest BCUT2D eigenvalue weighted by Crippen LogP contribution is -2.52. The highest BCUT2D eigenvalue weighted by Gasteiger charge is 2.38. The molecule has 0 saturated heterocycles. The zero-order chi connectivity index (χ0) is 21.1. The number of anilines is 3. The Bertz CT molecular complexity index is 1100. The molecule has 6 nitrogen and oxygen atoms in total. The monoisotopic (exact) mass is 463 g/mol. The molecule has 150 valence electrons. The number of nitrogens with one attached hydrogen (secondary N) is 2. The summed E-state index contributed by atoms with van der Waals surface area (Å²) >= 11 is 3.35. The molecule has 2 N–H and O–H groups in total. The van der Waals surface area contributed by atoms with E-state index < -0.39 is 11.9 Å². The Labute approximate surface area is 182 Å². The summed E-state index contributed by atoms with van der Waals surface area (Å²) in [5.74, 6) is -1.09. The zero-order valence-electron chi connectivity index (χ0n) is 15.8. The van der Waals surface area contributed by atoms with Crippen molar-refractivity contribution in [3.05, 3.63) is 88.9 Å². The van der Waals surface area contributed by atoms with Gasteiger partial charge in [0, 0.05) is 15.7 Å². The van der Waals surface area contributed by atoms with Gasteiger partial charge in [0.25, 0.3) is 5.91 Å². The lowest BCUT2D eigenvalue weighted by atomic mass is 10.0. The summed E-state index contributed by atoms with van der Waals surface area (Å²) in [5, 5.41) is 5.59. The molecule has 0 saturated carbocycles. The molecule has 0 unspecified atom stereocenters. The minimum Gasteiger partial charge on any atom is -0.326 e. The highest BCUT2D eigenvalue weighted by molar-refractivity contribution is 9.10. The number of nitrogens with zero attached hydrogens (tertiary/aromatic N) is 1. The van der Waals surface area contributed by atoms with Crippen LogP contribution in [0.4, 0.5) is 17.1 Å². The molecule has 0 aliphatic carbocycles. The maximum Gasteiger partial charge on any atom is 0.259 e. The first-order chi connectivity index (χ1) is 14.5. The SMILES string of the molecule is O=C(C[C@@H]1C(=O)Nc2ccccc2N1C(=O)c1ccccc1)Nc1ccc(Br)cc1. The van der Waals surface area contributed by atoms with Crippen LogP contribution in [0.3, 0.4) is 0 Å². The van der Waals surface area contributed by atoms with Crippen LogP contribution in [0.5, 0.6) is 0 Å². The Morgan fingerprint density at radius 1 is 0.933 bits per heavy atom. The third-order valence-electron chi connectivity index (χ3n) is 4.78. The van der Waals surface area contributed by atoms with E-state index in [9.17, 15) is 14.4 Å². The smallest absolute Gasteiger partial charge is 0.259 e. The summed E-state index contributed by atoms with van der Waals surface area (Å²) in [6.07, 6.45) is -0.172. The molecule has 3 aromatic carbocycles. The lowest BCUT2D eigenvalue weighted by Gasteiger charge is -2.36. The maximum atomic E-state index is 13.3. The van der Waals surface area contributed by atoms with Gasteiger partial charge in [0.1, 0.15) is 6.04 Å². The Morgan fingerprint density at radius 3 is 2.33 bits per heavy atom. The van der Waals surface area contributed by atoms with Gasteiger partial charge in [-0.3, -0.25) is 19.3 Å². The van der Waals surface area contributed by atoms with Crippen LogP contribution in [0.1, 0.15) is 16.8 Å². The lowest BCUT2D eigenvalue weighted by molar-refractivity contribution is -0.122. The predicted octanol–water partition coefficient (Wildman–Crippen LogP) is 4.45. The van der Waals surface area contributed by atoms with Crippen molar-refractivity contribution in [1.82, 2.24) is 0 Å². The van der Waals surface area contributed by atoms with Gasteiger partial charge < -0.3 is 10.6 Å². The van der Waals surface area contributed by atoms with Crippen LogP contribution < -0.4 is 15.5 Å². The van der Waals surface area contributed by atoms with Crippen molar-refractivity contribution in [2.75, 3.05) is 15.5 Å². The van der Waals surface area contributed by atoms with Crippen LogP contribution >= 0.6 is 15.9 Å². The number of fused-ring (bicyclic) bond motifs is 1.